The fourth-order valence-corrected chi connectivity index (χ4v) is 1.89. The van der Waals surface area contributed by atoms with Gasteiger partial charge in [0.05, 0.1) is 5.69 Å². The summed E-state index contributed by atoms with van der Waals surface area (Å²) in [6.07, 6.45) is 1.62. The molecule has 2 amide bonds. The zero-order valence-electron chi connectivity index (χ0n) is 10.2. The van der Waals surface area contributed by atoms with Crippen LogP contribution in [0.3, 0.4) is 0 Å². The average Bonchev–Trinajstić information content (AvgIpc) is 2.93. The molecule has 0 aliphatic heterocycles. The first-order valence-electron chi connectivity index (χ1n) is 5.36. The third-order valence-corrected chi connectivity index (χ3v) is 2.90. The summed E-state index contributed by atoms with van der Waals surface area (Å²) in [7, 11) is 0. The Kier molecular flexibility index (Phi) is 3.70. The Morgan fingerprint density at radius 3 is 2.53 bits per heavy atom. The Hall–Kier alpha value is -2.09. The molecule has 0 atom stereocenters. The van der Waals surface area contributed by atoms with Gasteiger partial charge in [-0.2, -0.15) is 0 Å². The molecule has 3 N–H and O–H groups in total. The van der Waals surface area contributed by atoms with Crippen molar-refractivity contribution in [2.75, 3.05) is 0 Å². The van der Waals surface area contributed by atoms with Gasteiger partial charge < -0.3 is 9.51 Å². The van der Waals surface area contributed by atoms with Crippen LogP contribution < -0.4 is 10.9 Å². The number of carbonyl (C=O) groups excluding carboxylic acids is 2. The van der Waals surface area contributed by atoms with Crippen LogP contribution in [0.25, 0.3) is 0 Å². The summed E-state index contributed by atoms with van der Waals surface area (Å²) in [6, 6.07) is 1.59. The first-order chi connectivity index (χ1) is 8.99. The predicted octanol–water partition coefficient (Wildman–Crippen LogP) is 1.46. The molecule has 19 heavy (non-hydrogen) atoms. The molecule has 0 aliphatic rings. The number of nitrogens with one attached hydrogen (secondary N) is 3. The predicted molar refractivity (Wildman–Crippen MR) is 69.4 cm³/mol. The van der Waals surface area contributed by atoms with E-state index >= 15 is 0 Å². The average molecular weight is 327 g/mol. The third-order valence-electron chi connectivity index (χ3n) is 2.44. The van der Waals surface area contributed by atoms with E-state index in [1.54, 1.807) is 26.1 Å². The van der Waals surface area contributed by atoms with Crippen molar-refractivity contribution in [1.82, 2.24) is 21.0 Å². The summed E-state index contributed by atoms with van der Waals surface area (Å²) in [5.41, 5.74) is 5.70. The SMILES string of the molecule is Cc1noc(C)c1C(=O)NNC(=O)c1cc(Br)c[nH]1. The minimum absolute atomic E-state index is 0.313. The largest absolute Gasteiger partial charge is 0.361 e. The highest BCUT2D eigenvalue weighted by Crippen LogP contribution is 2.12. The van der Waals surface area contributed by atoms with Gasteiger partial charge in [-0.1, -0.05) is 5.16 Å². The van der Waals surface area contributed by atoms with Crippen molar-refractivity contribution in [1.29, 1.82) is 0 Å². The molecule has 2 aromatic heterocycles. The van der Waals surface area contributed by atoms with Crippen molar-refractivity contribution in [2.45, 2.75) is 13.8 Å². The molecule has 0 aliphatic carbocycles. The number of aromatic nitrogens is 2. The van der Waals surface area contributed by atoms with Gasteiger partial charge in [-0.3, -0.25) is 20.4 Å². The lowest BCUT2D eigenvalue weighted by Crippen LogP contribution is -2.42. The van der Waals surface area contributed by atoms with Crippen molar-refractivity contribution in [3.63, 3.8) is 0 Å². The van der Waals surface area contributed by atoms with Crippen LogP contribution in [0.2, 0.25) is 0 Å². The Morgan fingerprint density at radius 1 is 1.32 bits per heavy atom. The maximum atomic E-state index is 11.8. The van der Waals surface area contributed by atoms with E-state index in [0.717, 1.165) is 4.47 Å². The molecule has 8 heteroatoms. The van der Waals surface area contributed by atoms with Gasteiger partial charge in [-0.05, 0) is 35.8 Å². The van der Waals surface area contributed by atoms with Crippen LogP contribution in [-0.2, 0) is 0 Å². The number of nitrogens with zero attached hydrogens (tertiary/aromatic N) is 1. The van der Waals surface area contributed by atoms with E-state index in [-0.39, 0.29) is 0 Å². The van der Waals surface area contributed by atoms with Gasteiger partial charge in [0.2, 0.25) is 0 Å². The fraction of sp³-hybridized carbons (Fsp3) is 0.182. The molecule has 0 saturated carbocycles. The number of aromatic amines is 1. The highest BCUT2D eigenvalue weighted by molar-refractivity contribution is 9.10. The van der Waals surface area contributed by atoms with Crippen molar-refractivity contribution in [3.05, 3.63) is 39.4 Å². The van der Waals surface area contributed by atoms with Crippen LogP contribution in [0.5, 0.6) is 0 Å². The molecular weight excluding hydrogens is 316 g/mol. The van der Waals surface area contributed by atoms with Gasteiger partial charge in [-0.25, -0.2) is 0 Å². The second-order valence-corrected chi connectivity index (χ2v) is 4.75. The van der Waals surface area contributed by atoms with E-state index in [9.17, 15) is 9.59 Å². The van der Waals surface area contributed by atoms with Gasteiger partial charge in [-0.15, -0.1) is 0 Å². The molecule has 0 unspecified atom stereocenters. The van der Waals surface area contributed by atoms with Crippen LogP contribution in [0.1, 0.15) is 32.3 Å². The molecule has 0 fully saturated rings. The van der Waals surface area contributed by atoms with Crippen molar-refractivity contribution < 1.29 is 14.1 Å². The molecule has 100 valence electrons. The number of amides is 2. The molecule has 2 aromatic rings. The molecule has 2 rings (SSSR count). The van der Waals surface area contributed by atoms with Crippen LogP contribution in [0, 0.1) is 13.8 Å². The quantitative estimate of drug-likeness (QED) is 0.727. The maximum absolute atomic E-state index is 11.8. The van der Waals surface area contributed by atoms with Crippen LogP contribution in [0.4, 0.5) is 0 Å². The molecule has 2 heterocycles. The Morgan fingerprint density at radius 2 is 2.00 bits per heavy atom. The zero-order chi connectivity index (χ0) is 14.0. The summed E-state index contributed by atoms with van der Waals surface area (Å²) < 4.78 is 5.62. The second kappa shape index (κ2) is 5.27. The van der Waals surface area contributed by atoms with E-state index < -0.39 is 11.8 Å². The summed E-state index contributed by atoms with van der Waals surface area (Å²) in [5.74, 6) is -0.534. The highest BCUT2D eigenvalue weighted by atomic mass is 79.9. The third kappa shape index (κ3) is 2.84. The van der Waals surface area contributed by atoms with E-state index in [1.165, 1.54) is 0 Å². The topological polar surface area (TPSA) is 100 Å². The number of halogens is 1. The lowest BCUT2D eigenvalue weighted by atomic mass is 10.2. The number of H-pyrrole nitrogens is 1. The normalized spacial score (nSPS) is 10.3. The van der Waals surface area contributed by atoms with Crippen LogP contribution in [0.15, 0.2) is 21.3 Å². The van der Waals surface area contributed by atoms with Gasteiger partial charge in [0, 0.05) is 10.7 Å². The molecule has 0 spiro atoms. The molecular formula is C11H11BrN4O3. The van der Waals surface area contributed by atoms with Gasteiger partial charge in [0.1, 0.15) is 17.0 Å². The van der Waals surface area contributed by atoms with E-state index in [1.807, 2.05) is 0 Å². The zero-order valence-corrected chi connectivity index (χ0v) is 11.8. The molecule has 0 radical (unpaired) electrons. The Bertz CT molecular complexity index is 612. The van der Waals surface area contributed by atoms with Gasteiger partial charge >= 0.3 is 0 Å². The van der Waals surface area contributed by atoms with Crippen molar-refractivity contribution in [2.24, 2.45) is 0 Å². The summed E-state index contributed by atoms with van der Waals surface area (Å²) in [6.45, 7) is 3.27. The number of rotatable bonds is 2. The smallest absolute Gasteiger partial charge is 0.286 e. The van der Waals surface area contributed by atoms with Crippen molar-refractivity contribution in [3.8, 4) is 0 Å². The van der Waals surface area contributed by atoms with Crippen LogP contribution in [-0.4, -0.2) is 22.0 Å². The standard InChI is InChI=1S/C11H11BrN4O3/c1-5-9(6(2)19-16-5)11(18)15-14-10(17)8-3-7(12)4-13-8/h3-4,13H,1-2H3,(H,14,17)(H,15,18). The lowest BCUT2D eigenvalue weighted by molar-refractivity contribution is 0.0843. The van der Waals surface area contributed by atoms with E-state index in [4.69, 9.17) is 4.52 Å². The van der Waals surface area contributed by atoms with Gasteiger partial charge in [0.15, 0.2) is 0 Å². The minimum atomic E-state index is -0.477. The number of hydrazine groups is 1. The molecule has 7 nitrogen and oxygen atoms in total. The summed E-state index contributed by atoms with van der Waals surface area (Å²) in [4.78, 5) is 26.3. The molecule has 0 aromatic carbocycles. The highest BCUT2D eigenvalue weighted by Gasteiger charge is 2.18. The first-order valence-corrected chi connectivity index (χ1v) is 6.16. The number of hydrogen-bond acceptors (Lipinski definition) is 4. The molecule has 0 bridgehead atoms. The first kappa shape index (κ1) is 13.3. The van der Waals surface area contributed by atoms with Crippen molar-refractivity contribution >= 4 is 27.7 Å². The van der Waals surface area contributed by atoms with Gasteiger partial charge in [0.25, 0.3) is 11.8 Å². The Labute approximate surface area is 116 Å². The lowest BCUT2D eigenvalue weighted by Gasteiger charge is -2.05. The number of hydrogen-bond donors (Lipinski definition) is 3. The monoisotopic (exact) mass is 326 g/mol. The van der Waals surface area contributed by atoms with Crippen LogP contribution >= 0.6 is 15.9 Å². The number of carbonyl (C=O) groups is 2. The summed E-state index contributed by atoms with van der Waals surface area (Å²) in [5, 5.41) is 3.66. The second-order valence-electron chi connectivity index (χ2n) is 3.84. The Balaban J connectivity index is 2.00. The fourth-order valence-electron chi connectivity index (χ4n) is 1.55. The molecule has 0 saturated heterocycles. The van der Waals surface area contributed by atoms with E-state index in [2.05, 4.69) is 36.9 Å². The minimum Gasteiger partial charge on any atom is -0.361 e. The summed E-state index contributed by atoms with van der Waals surface area (Å²) >= 11 is 3.21. The van der Waals surface area contributed by atoms with E-state index in [0.29, 0.717) is 22.7 Å². The number of aryl methyl sites for hydroxylation is 2. The maximum Gasteiger partial charge on any atom is 0.286 e.